The molecule has 1 amide bonds. The van der Waals surface area contributed by atoms with Gasteiger partial charge in [-0.15, -0.1) is 5.10 Å². The van der Waals surface area contributed by atoms with Crippen LogP contribution in [0.2, 0.25) is 0 Å². The van der Waals surface area contributed by atoms with E-state index in [2.05, 4.69) is 15.5 Å². The number of nitrogens with zero attached hydrogens (tertiary/aromatic N) is 3. The Balaban J connectivity index is 1.71. The van der Waals surface area contributed by atoms with Crippen molar-refractivity contribution in [1.29, 1.82) is 0 Å². The van der Waals surface area contributed by atoms with Crippen LogP contribution in [0.15, 0.2) is 63.6 Å². The summed E-state index contributed by atoms with van der Waals surface area (Å²) in [5, 5.41) is 20.7. The number of amides is 1. The Morgan fingerprint density at radius 1 is 1.12 bits per heavy atom. The number of hydrogen-bond donors (Lipinski definition) is 2. The molecule has 0 atom stereocenters. The van der Waals surface area contributed by atoms with E-state index in [0.717, 1.165) is 11.3 Å². The second kappa shape index (κ2) is 7.88. The van der Waals surface area contributed by atoms with Crippen LogP contribution in [-0.4, -0.2) is 36.5 Å². The molecule has 2 aromatic rings. The zero-order valence-corrected chi connectivity index (χ0v) is 15.2. The van der Waals surface area contributed by atoms with E-state index < -0.39 is 0 Å². The highest BCUT2D eigenvalue weighted by Crippen LogP contribution is 2.26. The van der Waals surface area contributed by atoms with Gasteiger partial charge in [0.2, 0.25) is 0 Å². The summed E-state index contributed by atoms with van der Waals surface area (Å²) in [7, 11) is 3.96. The first-order valence-corrected chi connectivity index (χ1v) is 8.72. The molecule has 0 unspecified atom stereocenters. The van der Waals surface area contributed by atoms with Crippen LogP contribution in [0, 0.1) is 0 Å². The normalized spacial score (nSPS) is 17.2. The lowest BCUT2D eigenvalue weighted by Gasteiger charge is -2.11. The number of carbonyl (C=O) groups is 1. The molecule has 0 radical (unpaired) electrons. The smallest absolute Gasteiger partial charge is 0.264 e. The van der Waals surface area contributed by atoms with Crippen LogP contribution < -0.4 is 10.2 Å². The minimum Gasteiger partial charge on any atom is -0.507 e. The fourth-order valence-electron chi connectivity index (χ4n) is 2.24. The third-order valence-corrected chi connectivity index (χ3v) is 4.54. The standard InChI is InChI=1S/C19H18N4O2S/c1-23(2)15-9-7-13(8-10-15)11-17-18(25)21-19(26-17)22-20-12-14-5-3-4-6-16(14)24/h3-12,24H,1-2H3,(H,21,22,25)/b17-11?,20-12+. The van der Waals surface area contributed by atoms with Crippen LogP contribution in [0.1, 0.15) is 11.1 Å². The van der Waals surface area contributed by atoms with Crippen LogP contribution in [-0.2, 0) is 4.79 Å². The van der Waals surface area contributed by atoms with Crippen molar-refractivity contribution in [3.63, 3.8) is 0 Å². The number of phenolic OH excluding ortho intramolecular Hbond substituents is 1. The van der Waals surface area contributed by atoms with E-state index >= 15 is 0 Å². The largest absolute Gasteiger partial charge is 0.507 e. The number of benzene rings is 2. The molecular formula is C19H18N4O2S. The average molecular weight is 366 g/mol. The summed E-state index contributed by atoms with van der Waals surface area (Å²) >= 11 is 1.23. The third-order valence-electron chi connectivity index (χ3n) is 3.64. The van der Waals surface area contributed by atoms with Crippen LogP contribution >= 0.6 is 11.8 Å². The molecule has 26 heavy (non-hydrogen) atoms. The number of anilines is 1. The highest BCUT2D eigenvalue weighted by atomic mass is 32.2. The zero-order valence-electron chi connectivity index (χ0n) is 14.4. The van der Waals surface area contributed by atoms with Crippen LogP contribution in [0.25, 0.3) is 6.08 Å². The van der Waals surface area contributed by atoms with Crippen LogP contribution in [0.4, 0.5) is 5.69 Å². The number of aromatic hydroxyl groups is 1. The molecule has 7 heteroatoms. The van der Waals surface area contributed by atoms with Crippen molar-refractivity contribution in [3.05, 3.63) is 64.6 Å². The highest BCUT2D eigenvalue weighted by molar-refractivity contribution is 8.18. The van der Waals surface area contributed by atoms with Crippen molar-refractivity contribution >= 4 is 40.8 Å². The highest BCUT2D eigenvalue weighted by Gasteiger charge is 2.23. The zero-order chi connectivity index (χ0) is 18.5. The Bertz CT molecular complexity index is 902. The van der Waals surface area contributed by atoms with Gasteiger partial charge in [0, 0.05) is 25.3 Å². The van der Waals surface area contributed by atoms with Gasteiger partial charge in [0.25, 0.3) is 5.91 Å². The molecule has 2 aromatic carbocycles. The van der Waals surface area contributed by atoms with Gasteiger partial charge in [0.15, 0.2) is 5.17 Å². The van der Waals surface area contributed by atoms with Crippen molar-refractivity contribution in [2.75, 3.05) is 19.0 Å². The lowest BCUT2D eigenvalue weighted by Crippen LogP contribution is -2.19. The Kier molecular flexibility index (Phi) is 5.38. The molecule has 1 aliphatic rings. The van der Waals surface area contributed by atoms with Crippen molar-refractivity contribution in [2.24, 2.45) is 10.2 Å². The summed E-state index contributed by atoms with van der Waals surface area (Å²) in [6, 6.07) is 14.7. The second-order valence-corrected chi connectivity index (χ2v) is 6.79. The molecule has 3 rings (SSSR count). The van der Waals surface area contributed by atoms with Crippen LogP contribution in [0.5, 0.6) is 5.75 Å². The first-order valence-electron chi connectivity index (χ1n) is 7.90. The second-order valence-electron chi connectivity index (χ2n) is 5.76. The SMILES string of the molecule is CN(C)c1ccc(C=C2S/C(=N/N=C/c3ccccc3O)NC2=O)cc1. The molecule has 0 saturated carbocycles. The molecule has 1 heterocycles. The van der Waals surface area contributed by atoms with Gasteiger partial charge < -0.3 is 10.0 Å². The number of rotatable bonds is 4. The minimum atomic E-state index is -0.205. The van der Waals surface area contributed by atoms with Crippen molar-refractivity contribution in [1.82, 2.24) is 5.32 Å². The first-order chi connectivity index (χ1) is 12.5. The number of amidine groups is 1. The maximum absolute atomic E-state index is 12.1. The molecule has 0 aliphatic carbocycles. The summed E-state index contributed by atoms with van der Waals surface area (Å²) in [5.74, 6) is -0.0792. The first kappa shape index (κ1) is 17.8. The number of para-hydroxylation sites is 1. The lowest BCUT2D eigenvalue weighted by atomic mass is 10.2. The van der Waals surface area contributed by atoms with Gasteiger partial charge in [-0.1, -0.05) is 24.3 Å². The number of carbonyl (C=O) groups excluding carboxylic acids is 1. The molecule has 1 fully saturated rings. The number of phenols is 1. The van der Waals surface area contributed by atoms with Gasteiger partial charge in [-0.25, -0.2) is 0 Å². The molecule has 0 spiro atoms. The summed E-state index contributed by atoms with van der Waals surface area (Å²) in [6.07, 6.45) is 3.26. The number of nitrogens with one attached hydrogen (secondary N) is 1. The lowest BCUT2D eigenvalue weighted by molar-refractivity contribution is -0.115. The fourth-order valence-corrected chi connectivity index (χ4v) is 3.01. The monoisotopic (exact) mass is 366 g/mol. The van der Waals surface area contributed by atoms with Gasteiger partial charge in [0.1, 0.15) is 5.75 Å². The van der Waals surface area contributed by atoms with E-state index in [1.165, 1.54) is 18.0 Å². The molecule has 2 N–H and O–H groups in total. The topological polar surface area (TPSA) is 77.3 Å². The summed E-state index contributed by atoms with van der Waals surface area (Å²) in [6.45, 7) is 0. The minimum absolute atomic E-state index is 0.126. The maximum atomic E-state index is 12.1. The van der Waals surface area contributed by atoms with Gasteiger partial charge in [0.05, 0.1) is 11.1 Å². The summed E-state index contributed by atoms with van der Waals surface area (Å²) in [4.78, 5) is 14.6. The van der Waals surface area contributed by atoms with E-state index in [4.69, 9.17) is 0 Å². The average Bonchev–Trinajstić information content (AvgIpc) is 2.96. The quantitative estimate of drug-likeness (QED) is 0.495. The Hall–Kier alpha value is -3.06. The predicted octanol–water partition coefficient (Wildman–Crippen LogP) is 3.05. The van der Waals surface area contributed by atoms with E-state index in [0.29, 0.717) is 15.6 Å². The Labute approximate surface area is 155 Å². The van der Waals surface area contributed by atoms with Crippen LogP contribution in [0.3, 0.4) is 0 Å². The van der Waals surface area contributed by atoms with E-state index in [1.54, 1.807) is 24.3 Å². The van der Waals surface area contributed by atoms with Crippen molar-refractivity contribution in [3.8, 4) is 5.75 Å². The molecular weight excluding hydrogens is 348 g/mol. The predicted molar refractivity (Wildman–Crippen MR) is 108 cm³/mol. The third kappa shape index (κ3) is 4.31. The molecule has 1 saturated heterocycles. The van der Waals surface area contributed by atoms with Gasteiger partial charge in [-0.05, 0) is 47.7 Å². The fraction of sp³-hybridized carbons (Fsp3) is 0.105. The molecule has 6 nitrogen and oxygen atoms in total. The molecule has 0 aromatic heterocycles. The summed E-state index contributed by atoms with van der Waals surface area (Å²) in [5.41, 5.74) is 2.59. The van der Waals surface area contributed by atoms with E-state index in [9.17, 15) is 9.90 Å². The Morgan fingerprint density at radius 3 is 2.54 bits per heavy atom. The van der Waals surface area contributed by atoms with E-state index in [-0.39, 0.29) is 11.7 Å². The summed E-state index contributed by atoms with van der Waals surface area (Å²) < 4.78 is 0. The number of thioether (sulfide) groups is 1. The van der Waals surface area contributed by atoms with Gasteiger partial charge in [-0.3, -0.25) is 10.1 Å². The van der Waals surface area contributed by atoms with Crippen molar-refractivity contribution in [2.45, 2.75) is 0 Å². The molecule has 1 aliphatic heterocycles. The Morgan fingerprint density at radius 2 is 1.85 bits per heavy atom. The van der Waals surface area contributed by atoms with Gasteiger partial charge in [-0.2, -0.15) is 5.10 Å². The van der Waals surface area contributed by atoms with Gasteiger partial charge >= 0.3 is 0 Å². The molecule has 0 bridgehead atoms. The van der Waals surface area contributed by atoms with Crippen molar-refractivity contribution < 1.29 is 9.90 Å². The number of hydrogen-bond acceptors (Lipinski definition) is 6. The molecule has 132 valence electrons. The maximum Gasteiger partial charge on any atom is 0.264 e. The van der Waals surface area contributed by atoms with E-state index in [1.807, 2.05) is 49.3 Å².